The number of nitrogens with one attached hydrogen (secondary N) is 1. The first-order valence-electron chi connectivity index (χ1n) is 8.03. The molecule has 0 aliphatic heterocycles. The van der Waals surface area contributed by atoms with Crippen molar-refractivity contribution in [2.24, 2.45) is 0 Å². The molecule has 1 N–H and O–H groups in total. The van der Waals surface area contributed by atoms with E-state index >= 15 is 0 Å². The summed E-state index contributed by atoms with van der Waals surface area (Å²) in [5, 5.41) is 3.15. The Morgan fingerprint density at radius 1 is 1.04 bits per heavy atom. The monoisotopic (exact) mass is 335 g/mol. The minimum absolute atomic E-state index is 0.170. The summed E-state index contributed by atoms with van der Waals surface area (Å²) in [4.78, 5) is 18.7. The minimum atomic E-state index is -0.294. The van der Waals surface area contributed by atoms with Crippen LogP contribution < -0.4 is 10.2 Å². The Kier molecular flexibility index (Phi) is 5.04. The van der Waals surface area contributed by atoms with E-state index in [1.807, 2.05) is 37.3 Å². The highest BCUT2D eigenvalue weighted by Gasteiger charge is 2.17. The summed E-state index contributed by atoms with van der Waals surface area (Å²) in [6, 6.07) is 19.0. The third-order valence-electron chi connectivity index (χ3n) is 3.74. The van der Waals surface area contributed by atoms with Gasteiger partial charge in [0, 0.05) is 29.8 Å². The Morgan fingerprint density at radius 2 is 1.76 bits per heavy atom. The van der Waals surface area contributed by atoms with Crippen molar-refractivity contribution in [3.63, 3.8) is 0 Å². The lowest BCUT2D eigenvalue weighted by atomic mass is 10.2. The highest BCUT2D eigenvalue weighted by Crippen LogP contribution is 2.20. The largest absolute Gasteiger partial charge is 0.355 e. The molecule has 5 heteroatoms. The van der Waals surface area contributed by atoms with Gasteiger partial charge in [-0.3, -0.25) is 9.78 Å². The third kappa shape index (κ3) is 4.01. The number of rotatable bonds is 5. The Hall–Kier alpha value is -3.21. The van der Waals surface area contributed by atoms with E-state index in [0.717, 1.165) is 11.4 Å². The van der Waals surface area contributed by atoms with Crippen LogP contribution in [0.2, 0.25) is 0 Å². The SMILES string of the molecule is CCN(C(=O)c1cc(Nc2ccc(F)cc2)ccn1)c1ccccc1. The van der Waals surface area contributed by atoms with Gasteiger partial charge in [-0.05, 0) is 55.5 Å². The molecule has 1 aromatic heterocycles. The van der Waals surface area contributed by atoms with Crippen molar-refractivity contribution in [1.82, 2.24) is 4.98 Å². The number of amides is 1. The molecule has 3 rings (SSSR count). The molecule has 1 amide bonds. The summed E-state index contributed by atoms with van der Waals surface area (Å²) < 4.78 is 13.0. The van der Waals surface area contributed by atoms with Crippen molar-refractivity contribution in [2.45, 2.75) is 6.92 Å². The summed E-state index contributed by atoms with van der Waals surface area (Å²) in [5.74, 6) is -0.464. The molecular formula is C20H18FN3O. The number of aromatic nitrogens is 1. The number of carbonyl (C=O) groups excluding carboxylic acids is 1. The average molecular weight is 335 g/mol. The molecule has 0 aliphatic carbocycles. The standard InChI is InChI=1S/C20H18FN3O/c1-2-24(18-6-4-3-5-7-18)20(25)19-14-17(12-13-22-19)23-16-10-8-15(21)9-11-16/h3-14H,2H2,1H3,(H,22,23). The third-order valence-corrected chi connectivity index (χ3v) is 3.74. The lowest BCUT2D eigenvalue weighted by Crippen LogP contribution is -2.31. The van der Waals surface area contributed by atoms with Crippen molar-refractivity contribution < 1.29 is 9.18 Å². The number of hydrogen-bond donors (Lipinski definition) is 1. The predicted molar refractivity (Wildman–Crippen MR) is 97.7 cm³/mol. The molecule has 3 aromatic rings. The van der Waals surface area contributed by atoms with E-state index in [2.05, 4.69) is 10.3 Å². The van der Waals surface area contributed by atoms with E-state index in [9.17, 15) is 9.18 Å². The van der Waals surface area contributed by atoms with Gasteiger partial charge >= 0.3 is 0 Å². The Morgan fingerprint density at radius 3 is 2.44 bits per heavy atom. The Balaban J connectivity index is 1.82. The van der Waals surface area contributed by atoms with Gasteiger partial charge < -0.3 is 10.2 Å². The van der Waals surface area contributed by atoms with E-state index in [1.54, 1.807) is 35.4 Å². The van der Waals surface area contributed by atoms with Gasteiger partial charge in [0.15, 0.2) is 0 Å². The Labute approximate surface area is 145 Å². The lowest BCUT2D eigenvalue weighted by Gasteiger charge is -2.20. The Bertz CT molecular complexity index is 850. The molecule has 1 heterocycles. The zero-order chi connectivity index (χ0) is 17.6. The van der Waals surface area contributed by atoms with Gasteiger partial charge in [0.1, 0.15) is 11.5 Å². The van der Waals surface area contributed by atoms with Crippen molar-refractivity contribution in [2.75, 3.05) is 16.8 Å². The second kappa shape index (κ2) is 7.57. The van der Waals surface area contributed by atoms with Crippen LogP contribution in [0.4, 0.5) is 21.5 Å². The molecule has 0 atom stereocenters. The molecule has 2 aromatic carbocycles. The van der Waals surface area contributed by atoms with E-state index < -0.39 is 0 Å². The molecule has 0 spiro atoms. The van der Waals surface area contributed by atoms with Crippen molar-refractivity contribution in [1.29, 1.82) is 0 Å². The summed E-state index contributed by atoms with van der Waals surface area (Å²) in [6.07, 6.45) is 1.58. The molecule has 0 saturated carbocycles. The molecule has 25 heavy (non-hydrogen) atoms. The van der Waals surface area contributed by atoms with Crippen LogP contribution in [0.1, 0.15) is 17.4 Å². The second-order valence-electron chi connectivity index (χ2n) is 5.45. The van der Waals surface area contributed by atoms with Crippen molar-refractivity contribution in [3.8, 4) is 0 Å². The van der Waals surface area contributed by atoms with E-state index in [4.69, 9.17) is 0 Å². The van der Waals surface area contributed by atoms with Gasteiger partial charge in [-0.25, -0.2) is 4.39 Å². The predicted octanol–water partition coefficient (Wildman–Crippen LogP) is 4.63. The smallest absolute Gasteiger partial charge is 0.276 e. The number of hydrogen-bond acceptors (Lipinski definition) is 3. The van der Waals surface area contributed by atoms with Gasteiger partial charge in [-0.15, -0.1) is 0 Å². The molecule has 0 fully saturated rings. The first kappa shape index (κ1) is 16.6. The van der Waals surface area contributed by atoms with Crippen LogP contribution in [0, 0.1) is 5.82 Å². The van der Waals surface area contributed by atoms with Crippen LogP contribution in [0.15, 0.2) is 72.9 Å². The van der Waals surface area contributed by atoms with E-state index in [-0.39, 0.29) is 11.7 Å². The highest BCUT2D eigenvalue weighted by atomic mass is 19.1. The zero-order valence-corrected chi connectivity index (χ0v) is 13.8. The first-order chi connectivity index (χ1) is 12.2. The van der Waals surface area contributed by atoms with Crippen LogP contribution in [0.25, 0.3) is 0 Å². The van der Waals surface area contributed by atoms with E-state index in [1.165, 1.54) is 12.1 Å². The van der Waals surface area contributed by atoms with Gasteiger partial charge in [0.2, 0.25) is 0 Å². The summed E-state index contributed by atoms with van der Waals surface area (Å²) in [6.45, 7) is 2.46. The number of benzene rings is 2. The first-order valence-corrected chi connectivity index (χ1v) is 8.03. The topological polar surface area (TPSA) is 45.2 Å². The molecule has 0 unspecified atom stereocenters. The quantitative estimate of drug-likeness (QED) is 0.739. The molecule has 0 saturated heterocycles. The van der Waals surface area contributed by atoms with Crippen molar-refractivity contribution in [3.05, 3.63) is 84.4 Å². The van der Waals surface area contributed by atoms with Crippen molar-refractivity contribution >= 4 is 23.0 Å². The molecule has 0 aliphatic rings. The number of carbonyl (C=O) groups is 1. The van der Waals surface area contributed by atoms with Crippen LogP contribution in [0.5, 0.6) is 0 Å². The fourth-order valence-corrected chi connectivity index (χ4v) is 2.51. The number of para-hydroxylation sites is 1. The molecule has 4 nitrogen and oxygen atoms in total. The fraction of sp³-hybridized carbons (Fsp3) is 0.100. The molecule has 0 radical (unpaired) electrons. The lowest BCUT2D eigenvalue weighted by molar-refractivity contribution is 0.0983. The van der Waals surface area contributed by atoms with Gasteiger partial charge in [-0.2, -0.15) is 0 Å². The van der Waals surface area contributed by atoms with Gasteiger partial charge in [-0.1, -0.05) is 18.2 Å². The zero-order valence-electron chi connectivity index (χ0n) is 13.8. The number of nitrogens with zero attached hydrogens (tertiary/aromatic N) is 2. The summed E-state index contributed by atoms with van der Waals surface area (Å²) in [5.41, 5.74) is 2.63. The maximum Gasteiger partial charge on any atom is 0.276 e. The number of anilines is 3. The van der Waals surface area contributed by atoms with E-state index in [0.29, 0.717) is 17.9 Å². The second-order valence-corrected chi connectivity index (χ2v) is 5.45. The fourth-order valence-electron chi connectivity index (χ4n) is 2.51. The highest BCUT2D eigenvalue weighted by molar-refractivity contribution is 6.05. The molecule has 126 valence electrons. The van der Waals surface area contributed by atoms with Crippen LogP contribution in [-0.2, 0) is 0 Å². The minimum Gasteiger partial charge on any atom is -0.355 e. The summed E-state index contributed by atoms with van der Waals surface area (Å²) in [7, 11) is 0. The van der Waals surface area contributed by atoms with Gasteiger partial charge in [0.25, 0.3) is 5.91 Å². The maximum absolute atomic E-state index is 13.0. The van der Waals surface area contributed by atoms with Gasteiger partial charge in [0.05, 0.1) is 0 Å². The number of pyridine rings is 1. The normalized spacial score (nSPS) is 10.3. The van der Waals surface area contributed by atoms with Crippen LogP contribution in [0.3, 0.4) is 0 Å². The maximum atomic E-state index is 13.0. The number of halogens is 1. The van der Waals surface area contributed by atoms with Crippen LogP contribution >= 0.6 is 0 Å². The molecular weight excluding hydrogens is 317 g/mol. The average Bonchev–Trinajstić information content (AvgIpc) is 2.65. The summed E-state index contributed by atoms with van der Waals surface area (Å²) >= 11 is 0. The molecule has 0 bridgehead atoms. The van der Waals surface area contributed by atoms with Crippen LogP contribution in [-0.4, -0.2) is 17.4 Å².